The van der Waals surface area contributed by atoms with Crippen LogP contribution in [0.5, 0.6) is 0 Å². The van der Waals surface area contributed by atoms with Gasteiger partial charge in [-0.25, -0.2) is 0 Å². The Bertz CT molecular complexity index is 765. The molecule has 2 heterocycles. The maximum Gasteiger partial charge on any atom is 0.238 e. The molecule has 2 aromatic rings. The van der Waals surface area contributed by atoms with Gasteiger partial charge in [0.25, 0.3) is 0 Å². The summed E-state index contributed by atoms with van der Waals surface area (Å²) in [6.07, 6.45) is 0. The summed E-state index contributed by atoms with van der Waals surface area (Å²) in [6, 6.07) is 3.56. The van der Waals surface area contributed by atoms with Crippen LogP contribution in [0, 0.1) is 27.7 Å². The second kappa shape index (κ2) is 8.15. The third-order valence-electron chi connectivity index (χ3n) is 3.50. The van der Waals surface area contributed by atoms with E-state index in [0.717, 1.165) is 22.6 Å². The number of carbonyl (C=O) groups excluding carboxylic acids is 2. The quantitative estimate of drug-likeness (QED) is 0.820. The van der Waals surface area contributed by atoms with Crippen LogP contribution < -0.4 is 10.6 Å². The number of nitrogens with zero attached hydrogens (tertiary/aromatic N) is 2. The van der Waals surface area contributed by atoms with Crippen molar-refractivity contribution >= 4 is 35.1 Å². The van der Waals surface area contributed by atoms with Crippen molar-refractivity contribution < 1.29 is 14.1 Å². The normalized spacial score (nSPS) is 11.9. The molecular formula is C17H22N4O3S. The minimum absolute atomic E-state index is 0.166. The van der Waals surface area contributed by atoms with Crippen molar-refractivity contribution in [1.29, 1.82) is 0 Å². The molecule has 8 heteroatoms. The fourth-order valence-electron chi connectivity index (χ4n) is 2.32. The molecule has 25 heavy (non-hydrogen) atoms. The molecule has 0 saturated heterocycles. The molecule has 134 valence electrons. The fraction of sp³-hybridized carbons (Fsp3) is 0.412. The molecular weight excluding hydrogens is 340 g/mol. The SMILES string of the molecule is Cc1cc(C)c(NC(=O)CSC(C)C(=O)Nc2cc(C)on2)c(C)n1. The van der Waals surface area contributed by atoms with Crippen LogP contribution in [0.2, 0.25) is 0 Å². The molecule has 0 bridgehead atoms. The van der Waals surface area contributed by atoms with Crippen LogP contribution in [0.4, 0.5) is 11.5 Å². The molecule has 0 aliphatic heterocycles. The lowest BCUT2D eigenvalue weighted by Gasteiger charge is -2.13. The number of thioether (sulfide) groups is 1. The molecule has 0 aliphatic rings. The maximum absolute atomic E-state index is 12.2. The predicted molar refractivity (Wildman–Crippen MR) is 98.9 cm³/mol. The molecule has 2 rings (SSSR count). The topological polar surface area (TPSA) is 97.1 Å². The number of amides is 2. The Labute approximate surface area is 151 Å². The van der Waals surface area contributed by atoms with E-state index in [-0.39, 0.29) is 17.6 Å². The van der Waals surface area contributed by atoms with E-state index in [0.29, 0.717) is 11.6 Å². The molecule has 2 N–H and O–H groups in total. The first-order valence-electron chi connectivity index (χ1n) is 7.86. The monoisotopic (exact) mass is 362 g/mol. The van der Waals surface area contributed by atoms with Gasteiger partial charge in [0.2, 0.25) is 11.8 Å². The zero-order valence-corrected chi connectivity index (χ0v) is 15.8. The molecule has 1 atom stereocenters. The molecule has 0 radical (unpaired) electrons. The van der Waals surface area contributed by atoms with Crippen LogP contribution >= 0.6 is 11.8 Å². The number of aromatic nitrogens is 2. The van der Waals surface area contributed by atoms with Gasteiger partial charge in [0.1, 0.15) is 5.76 Å². The number of rotatable bonds is 6. The highest BCUT2D eigenvalue weighted by molar-refractivity contribution is 8.01. The lowest BCUT2D eigenvalue weighted by molar-refractivity contribution is -0.115. The van der Waals surface area contributed by atoms with Gasteiger partial charge >= 0.3 is 0 Å². The second-order valence-corrected chi connectivity index (χ2v) is 7.18. The van der Waals surface area contributed by atoms with Crippen LogP contribution in [0.1, 0.15) is 29.6 Å². The molecule has 0 saturated carbocycles. The average Bonchev–Trinajstić information content (AvgIpc) is 2.93. The average molecular weight is 362 g/mol. The van der Waals surface area contributed by atoms with Gasteiger partial charge in [0, 0.05) is 11.8 Å². The summed E-state index contributed by atoms with van der Waals surface area (Å²) in [5.74, 6) is 0.761. The van der Waals surface area contributed by atoms with E-state index >= 15 is 0 Å². The Morgan fingerprint density at radius 2 is 1.92 bits per heavy atom. The van der Waals surface area contributed by atoms with Crippen molar-refractivity contribution in [2.24, 2.45) is 0 Å². The first kappa shape index (κ1) is 19.0. The highest BCUT2D eigenvalue weighted by atomic mass is 32.2. The van der Waals surface area contributed by atoms with Gasteiger partial charge in [-0.3, -0.25) is 14.6 Å². The first-order chi connectivity index (χ1) is 11.8. The number of anilines is 2. The molecule has 7 nitrogen and oxygen atoms in total. The van der Waals surface area contributed by atoms with Gasteiger partial charge in [-0.1, -0.05) is 5.16 Å². The highest BCUT2D eigenvalue weighted by Gasteiger charge is 2.17. The molecule has 1 unspecified atom stereocenters. The number of aryl methyl sites for hydroxylation is 4. The van der Waals surface area contributed by atoms with E-state index < -0.39 is 5.25 Å². The second-order valence-electron chi connectivity index (χ2n) is 5.85. The first-order valence-corrected chi connectivity index (χ1v) is 8.91. The van der Waals surface area contributed by atoms with Crippen molar-refractivity contribution in [3.8, 4) is 0 Å². The Morgan fingerprint density at radius 3 is 2.52 bits per heavy atom. The molecule has 0 spiro atoms. The van der Waals surface area contributed by atoms with E-state index in [4.69, 9.17) is 4.52 Å². The zero-order valence-electron chi connectivity index (χ0n) is 15.0. The molecule has 2 amide bonds. The van der Waals surface area contributed by atoms with E-state index in [9.17, 15) is 9.59 Å². The van der Waals surface area contributed by atoms with Crippen LogP contribution in [0.25, 0.3) is 0 Å². The van der Waals surface area contributed by atoms with E-state index in [1.807, 2.05) is 26.8 Å². The van der Waals surface area contributed by atoms with Gasteiger partial charge < -0.3 is 15.2 Å². The number of hydrogen-bond donors (Lipinski definition) is 2. The Balaban J connectivity index is 1.86. The number of carbonyl (C=O) groups is 2. The lowest BCUT2D eigenvalue weighted by atomic mass is 10.1. The van der Waals surface area contributed by atoms with Crippen LogP contribution in [0.3, 0.4) is 0 Å². The molecule has 0 aliphatic carbocycles. The van der Waals surface area contributed by atoms with Crippen molar-refractivity contribution in [2.75, 3.05) is 16.4 Å². The predicted octanol–water partition coefficient (Wildman–Crippen LogP) is 3.00. The smallest absolute Gasteiger partial charge is 0.238 e. The third kappa shape index (κ3) is 5.32. The van der Waals surface area contributed by atoms with Gasteiger partial charge in [-0.15, -0.1) is 11.8 Å². The summed E-state index contributed by atoms with van der Waals surface area (Å²) in [5, 5.41) is 8.84. The van der Waals surface area contributed by atoms with Crippen molar-refractivity contribution in [3.05, 3.63) is 34.8 Å². The third-order valence-corrected chi connectivity index (χ3v) is 4.65. The Hall–Kier alpha value is -2.35. The van der Waals surface area contributed by atoms with Crippen LogP contribution in [-0.4, -0.2) is 33.0 Å². The Kier molecular flexibility index (Phi) is 6.19. The van der Waals surface area contributed by atoms with Gasteiger partial charge in [-0.05, 0) is 46.2 Å². The standard InChI is InChI=1S/C17H22N4O3S/c1-9-6-10(2)18-12(4)16(9)20-15(22)8-25-13(5)17(23)19-14-7-11(3)24-21-14/h6-7,13H,8H2,1-5H3,(H,20,22)(H,19,21,23). The van der Waals surface area contributed by atoms with E-state index in [1.54, 1.807) is 19.9 Å². The summed E-state index contributed by atoms with van der Waals surface area (Å²) in [5.41, 5.74) is 3.39. The molecule has 0 fully saturated rings. The summed E-state index contributed by atoms with van der Waals surface area (Å²) >= 11 is 1.25. The van der Waals surface area contributed by atoms with Crippen LogP contribution in [-0.2, 0) is 9.59 Å². The highest BCUT2D eigenvalue weighted by Crippen LogP contribution is 2.20. The van der Waals surface area contributed by atoms with E-state index in [2.05, 4.69) is 20.8 Å². The van der Waals surface area contributed by atoms with Crippen LogP contribution in [0.15, 0.2) is 16.7 Å². The minimum atomic E-state index is -0.402. The summed E-state index contributed by atoms with van der Waals surface area (Å²) in [6.45, 7) is 9.19. The summed E-state index contributed by atoms with van der Waals surface area (Å²) in [4.78, 5) is 28.6. The van der Waals surface area contributed by atoms with Gasteiger partial charge in [0.05, 0.1) is 22.4 Å². The number of hydrogen-bond acceptors (Lipinski definition) is 6. The molecule has 2 aromatic heterocycles. The lowest BCUT2D eigenvalue weighted by Crippen LogP contribution is -2.25. The van der Waals surface area contributed by atoms with Crippen molar-refractivity contribution in [1.82, 2.24) is 10.1 Å². The van der Waals surface area contributed by atoms with Crippen molar-refractivity contribution in [3.63, 3.8) is 0 Å². The van der Waals surface area contributed by atoms with Gasteiger partial charge in [0.15, 0.2) is 5.82 Å². The van der Waals surface area contributed by atoms with Crippen molar-refractivity contribution in [2.45, 2.75) is 39.9 Å². The zero-order chi connectivity index (χ0) is 18.6. The summed E-state index contributed by atoms with van der Waals surface area (Å²) < 4.78 is 4.90. The maximum atomic E-state index is 12.2. The summed E-state index contributed by atoms with van der Waals surface area (Å²) in [7, 11) is 0. The minimum Gasteiger partial charge on any atom is -0.360 e. The van der Waals surface area contributed by atoms with E-state index in [1.165, 1.54) is 11.8 Å². The Morgan fingerprint density at radius 1 is 1.20 bits per heavy atom. The van der Waals surface area contributed by atoms with Gasteiger partial charge in [-0.2, -0.15) is 0 Å². The fourth-order valence-corrected chi connectivity index (χ4v) is 3.00. The number of nitrogens with one attached hydrogen (secondary N) is 2. The largest absolute Gasteiger partial charge is 0.360 e. The molecule has 0 aromatic carbocycles. The number of pyridine rings is 1.